The lowest BCUT2D eigenvalue weighted by molar-refractivity contribution is 0.241. The maximum Gasteiger partial charge on any atom is 0.319 e. The SMILES string of the molecule is CC(CCO)NC(=O)Nc1cn[nH]c1-c1ccccn1. The summed E-state index contributed by atoms with van der Waals surface area (Å²) in [5.74, 6) is 0. The molecule has 20 heavy (non-hydrogen) atoms. The third kappa shape index (κ3) is 3.55. The summed E-state index contributed by atoms with van der Waals surface area (Å²) in [7, 11) is 0. The van der Waals surface area contributed by atoms with Gasteiger partial charge < -0.3 is 15.7 Å². The number of anilines is 1. The van der Waals surface area contributed by atoms with Gasteiger partial charge in [-0.1, -0.05) is 6.07 Å². The smallest absolute Gasteiger partial charge is 0.319 e. The number of rotatable bonds is 5. The Balaban J connectivity index is 2.04. The Kier molecular flexibility index (Phi) is 4.67. The fourth-order valence-electron chi connectivity index (χ4n) is 1.73. The van der Waals surface area contributed by atoms with Crippen molar-refractivity contribution in [3.63, 3.8) is 0 Å². The van der Waals surface area contributed by atoms with Crippen molar-refractivity contribution in [3.8, 4) is 11.4 Å². The Bertz CT molecular complexity index is 555. The van der Waals surface area contributed by atoms with Crippen LogP contribution in [0.3, 0.4) is 0 Å². The number of nitrogens with one attached hydrogen (secondary N) is 3. The number of aliphatic hydroxyl groups is 1. The van der Waals surface area contributed by atoms with Gasteiger partial charge in [-0.25, -0.2) is 4.79 Å². The molecule has 7 heteroatoms. The quantitative estimate of drug-likeness (QED) is 0.661. The van der Waals surface area contributed by atoms with Crippen molar-refractivity contribution < 1.29 is 9.90 Å². The number of amides is 2. The number of hydrogen-bond donors (Lipinski definition) is 4. The molecule has 0 aliphatic rings. The van der Waals surface area contributed by atoms with Crippen LogP contribution in [-0.2, 0) is 0 Å². The molecule has 0 saturated heterocycles. The van der Waals surface area contributed by atoms with Gasteiger partial charge >= 0.3 is 6.03 Å². The maximum atomic E-state index is 11.8. The van der Waals surface area contributed by atoms with Crippen LogP contribution >= 0.6 is 0 Å². The van der Waals surface area contributed by atoms with Gasteiger partial charge in [0.2, 0.25) is 0 Å². The fraction of sp³-hybridized carbons (Fsp3) is 0.308. The highest BCUT2D eigenvalue weighted by atomic mass is 16.3. The predicted molar refractivity (Wildman–Crippen MR) is 75.1 cm³/mol. The molecule has 2 rings (SSSR count). The van der Waals surface area contributed by atoms with E-state index in [9.17, 15) is 4.79 Å². The first kappa shape index (κ1) is 14.0. The van der Waals surface area contributed by atoms with E-state index in [1.54, 1.807) is 6.20 Å². The largest absolute Gasteiger partial charge is 0.396 e. The Morgan fingerprint density at radius 1 is 1.50 bits per heavy atom. The number of carbonyl (C=O) groups excluding carboxylic acids is 1. The number of pyridine rings is 1. The molecular formula is C13H17N5O2. The Morgan fingerprint density at radius 2 is 2.35 bits per heavy atom. The highest BCUT2D eigenvalue weighted by Crippen LogP contribution is 2.22. The summed E-state index contributed by atoms with van der Waals surface area (Å²) >= 11 is 0. The molecule has 4 N–H and O–H groups in total. The van der Waals surface area contributed by atoms with E-state index in [1.807, 2.05) is 25.1 Å². The van der Waals surface area contributed by atoms with Gasteiger partial charge in [0, 0.05) is 18.8 Å². The third-order valence-electron chi connectivity index (χ3n) is 2.75. The van der Waals surface area contributed by atoms with Crippen molar-refractivity contribution in [2.45, 2.75) is 19.4 Å². The molecule has 2 aromatic rings. The lowest BCUT2D eigenvalue weighted by Crippen LogP contribution is -2.36. The molecular weight excluding hydrogens is 258 g/mol. The number of hydrogen-bond acceptors (Lipinski definition) is 4. The van der Waals surface area contributed by atoms with Crippen LogP contribution in [0.2, 0.25) is 0 Å². The van der Waals surface area contributed by atoms with Gasteiger partial charge in [0.1, 0.15) is 5.69 Å². The summed E-state index contributed by atoms with van der Waals surface area (Å²) < 4.78 is 0. The monoisotopic (exact) mass is 275 g/mol. The topological polar surface area (TPSA) is 103 Å². The highest BCUT2D eigenvalue weighted by Gasteiger charge is 2.12. The van der Waals surface area contributed by atoms with Gasteiger partial charge in [-0.3, -0.25) is 10.1 Å². The standard InChI is InChI=1S/C13H17N5O2/c1-9(5-7-19)16-13(20)17-11-8-15-18-12(11)10-4-2-3-6-14-10/h2-4,6,8-9,19H,5,7H2,1H3,(H,15,18)(H2,16,17,20). The molecule has 0 aliphatic heterocycles. The molecule has 1 atom stereocenters. The van der Waals surface area contributed by atoms with Crippen LogP contribution in [0.15, 0.2) is 30.6 Å². The maximum absolute atomic E-state index is 11.8. The lowest BCUT2D eigenvalue weighted by atomic mass is 10.2. The van der Waals surface area contributed by atoms with Crippen molar-refractivity contribution in [1.82, 2.24) is 20.5 Å². The molecule has 0 bridgehead atoms. The third-order valence-corrected chi connectivity index (χ3v) is 2.75. The number of urea groups is 1. The van der Waals surface area contributed by atoms with E-state index in [1.165, 1.54) is 6.20 Å². The van der Waals surface area contributed by atoms with Crippen LogP contribution in [0.5, 0.6) is 0 Å². The number of H-pyrrole nitrogens is 1. The van der Waals surface area contributed by atoms with Gasteiger partial charge in [0.15, 0.2) is 0 Å². The van der Waals surface area contributed by atoms with E-state index < -0.39 is 0 Å². The summed E-state index contributed by atoms with van der Waals surface area (Å²) in [4.78, 5) is 16.0. The number of aromatic amines is 1. The lowest BCUT2D eigenvalue weighted by Gasteiger charge is -2.13. The van der Waals surface area contributed by atoms with Gasteiger partial charge in [-0.2, -0.15) is 5.10 Å². The first-order valence-corrected chi connectivity index (χ1v) is 6.34. The molecule has 2 heterocycles. The first-order chi connectivity index (χ1) is 9.70. The van der Waals surface area contributed by atoms with Crippen LogP contribution in [-0.4, -0.2) is 39.0 Å². The summed E-state index contributed by atoms with van der Waals surface area (Å²) in [6, 6.07) is 5.05. The zero-order chi connectivity index (χ0) is 14.4. The van der Waals surface area contributed by atoms with Crippen LogP contribution in [0.4, 0.5) is 10.5 Å². The predicted octanol–water partition coefficient (Wildman–Crippen LogP) is 1.36. The summed E-state index contributed by atoms with van der Waals surface area (Å²) in [5.41, 5.74) is 1.90. The van der Waals surface area contributed by atoms with Crippen molar-refractivity contribution in [2.24, 2.45) is 0 Å². The number of aliphatic hydroxyl groups excluding tert-OH is 1. The molecule has 2 amide bonds. The Morgan fingerprint density at radius 3 is 3.05 bits per heavy atom. The molecule has 1 unspecified atom stereocenters. The zero-order valence-electron chi connectivity index (χ0n) is 11.1. The molecule has 0 spiro atoms. The molecule has 0 aromatic carbocycles. The average Bonchev–Trinajstić information content (AvgIpc) is 2.87. The second-order valence-corrected chi connectivity index (χ2v) is 4.39. The van der Waals surface area contributed by atoms with Crippen molar-refractivity contribution in [1.29, 1.82) is 0 Å². The minimum atomic E-state index is -0.343. The number of carbonyl (C=O) groups is 1. The van der Waals surface area contributed by atoms with Crippen molar-refractivity contribution >= 4 is 11.7 Å². The first-order valence-electron chi connectivity index (χ1n) is 6.34. The van der Waals surface area contributed by atoms with E-state index >= 15 is 0 Å². The molecule has 106 valence electrons. The van der Waals surface area contributed by atoms with Crippen LogP contribution in [0.25, 0.3) is 11.4 Å². The number of aromatic nitrogens is 3. The van der Waals surface area contributed by atoms with Crippen LogP contribution in [0.1, 0.15) is 13.3 Å². The van der Waals surface area contributed by atoms with Crippen LogP contribution in [0, 0.1) is 0 Å². The molecule has 0 aliphatic carbocycles. The van der Waals surface area contributed by atoms with E-state index in [0.717, 1.165) is 0 Å². The molecule has 7 nitrogen and oxygen atoms in total. The minimum Gasteiger partial charge on any atom is -0.396 e. The van der Waals surface area contributed by atoms with E-state index in [4.69, 9.17) is 5.11 Å². The average molecular weight is 275 g/mol. The van der Waals surface area contributed by atoms with Gasteiger partial charge in [0.05, 0.1) is 17.6 Å². The van der Waals surface area contributed by atoms with E-state index in [-0.39, 0.29) is 18.7 Å². The van der Waals surface area contributed by atoms with Crippen LogP contribution < -0.4 is 10.6 Å². The number of nitrogens with zero attached hydrogens (tertiary/aromatic N) is 2. The van der Waals surface area contributed by atoms with Gasteiger partial charge in [-0.05, 0) is 25.5 Å². The molecule has 0 radical (unpaired) electrons. The summed E-state index contributed by atoms with van der Waals surface area (Å²) in [5, 5.41) is 21.0. The second-order valence-electron chi connectivity index (χ2n) is 4.39. The van der Waals surface area contributed by atoms with Gasteiger partial charge in [-0.15, -0.1) is 0 Å². The normalized spacial score (nSPS) is 11.9. The van der Waals surface area contributed by atoms with Crippen molar-refractivity contribution in [3.05, 3.63) is 30.6 Å². The molecule has 2 aromatic heterocycles. The second kappa shape index (κ2) is 6.67. The molecule has 0 fully saturated rings. The highest BCUT2D eigenvalue weighted by molar-refractivity contribution is 5.93. The molecule has 0 saturated carbocycles. The zero-order valence-corrected chi connectivity index (χ0v) is 11.1. The van der Waals surface area contributed by atoms with Crippen molar-refractivity contribution in [2.75, 3.05) is 11.9 Å². The summed E-state index contributed by atoms with van der Waals surface area (Å²) in [6.45, 7) is 1.86. The Labute approximate surface area is 116 Å². The van der Waals surface area contributed by atoms with Gasteiger partial charge in [0.25, 0.3) is 0 Å². The van der Waals surface area contributed by atoms with E-state index in [2.05, 4.69) is 25.8 Å². The Hall–Kier alpha value is -2.41. The minimum absolute atomic E-state index is 0.0341. The van der Waals surface area contributed by atoms with E-state index in [0.29, 0.717) is 23.5 Å². The summed E-state index contributed by atoms with van der Waals surface area (Å²) in [6.07, 6.45) is 3.70. The fourth-order valence-corrected chi connectivity index (χ4v) is 1.73.